The lowest BCUT2D eigenvalue weighted by atomic mass is 9.81. The Bertz CT molecular complexity index is 1170. The van der Waals surface area contributed by atoms with Gasteiger partial charge in [0.2, 0.25) is 0 Å². The zero-order valence-corrected chi connectivity index (χ0v) is 15.7. The minimum absolute atomic E-state index is 0.0791. The van der Waals surface area contributed by atoms with Crippen LogP contribution in [0.25, 0.3) is 11.3 Å². The first-order valence-electron chi connectivity index (χ1n) is 8.80. The number of hydrogen-bond acceptors (Lipinski definition) is 6. The number of halogens is 3. The van der Waals surface area contributed by atoms with Crippen LogP contribution in [-0.4, -0.2) is 39.0 Å². The molecule has 30 heavy (non-hydrogen) atoms. The van der Waals surface area contributed by atoms with Gasteiger partial charge < -0.3 is 5.73 Å². The number of carbonyl (C=O) groups is 1. The fraction of sp³-hybridized carbons (Fsp3) is 0.150. The minimum atomic E-state index is -1.99. The van der Waals surface area contributed by atoms with Crippen molar-refractivity contribution in [2.24, 2.45) is 10.7 Å². The van der Waals surface area contributed by atoms with Gasteiger partial charge >= 0.3 is 0 Å². The highest BCUT2D eigenvalue weighted by Gasteiger charge is 2.51. The molecule has 4 rings (SSSR count). The Morgan fingerprint density at radius 3 is 2.60 bits per heavy atom. The van der Waals surface area contributed by atoms with E-state index in [1.165, 1.54) is 37.8 Å². The number of alkyl halides is 1. The number of likely N-dealkylation sites (N-methyl/N-ethyl adjacent to an activating group) is 1. The van der Waals surface area contributed by atoms with Crippen LogP contribution in [0.3, 0.4) is 0 Å². The molecule has 2 N–H and O–H groups in total. The molecule has 2 aromatic heterocycles. The highest BCUT2D eigenvalue weighted by Crippen LogP contribution is 2.42. The number of aliphatic imine (C=N–C) groups is 1. The van der Waals surface area contributed by atoms with Gasteiger partial charge in [0.15, 0.2) is 11.5 Å². The van der Waals surface area contributed by atoms with E-state index in [1.54, 1.807) is 6.07 Å². The molecule has 3 heterocycles. The fourth-order valence-electron chi connectivity index (χ4n) is 3.39. The summed E-state index contributed by atoms with van der Waals surface area (Å²) in [6.07, 6.45) is 3.96. The van der Waals surface area contributed by atoms with Crippen LogP contribution in [-0.2, 0) is 17.0 Å². The molecule has 0 saturated carbocycles. The molecule has 10 heteroatoms. The van der Waals surface area contributed by atoms with Gasteiger partial charge in [-0.25, -0.2) is 18.2 Å². The number of pyridine rings is 1. The number of guanidine groups is 1. The summed E-state index contributed by atoms with van der Waals surface area (Å²) in [6, 6.07) is 6.17. The average molecular weight is 412 g/mol. The van der Waals surface area contributed by atoms with Gasteiger partial charge in [-0.1, -0.05) is 0 Å². The molecule has 1 aliphatic heterocycles. The topological polar surface area (TPSA) is 97.4 Å². The summed E-state index contributed by atoms with van der Waals surface area (Å²) >= 11 is 0. The van der Waals surface area contributed by atoms with Gasteiger partial charge in [0.1, 0.15) is 18.3 Å². The predicted molar refractivity (Wildman–Crippen MR) is 102 cm³/mol. The molecule has 0 radical (unpaired) electrons. The first-order chi connectivity index (χ1) is 14.4. The molecular weight excluding hydrogens is 397 g/mol. The van der Waals surface area contributed by atoms with Gasteiger partial charge in [-0.15, -0.1) is 0 Å². The SMILES string of the molecule is CN1C(=O)C(c2cncc(CF)c2)(c2cc(-c3cccnn3)c(F)cc2F)N=C1N. The molecule has 152 valence electrons. The van der Waals surface area contributed by atoms with Crippen LogP contribution < -0.4 is 5.73 Å². The molecule has 0 bridgehead atoms. The summed E-state index contributed by atoms with van der Waals surface area (Å²) < 4.78 is 42.9. The number of rotatable bonds is 4. The third-order valence-corrected chi connectivity index (χ3v) is 4.90. The van der Waals surface area contributed by atoms with Gasteiger partial charge in [0.25, 0.3) is 5.91 Å². The minimum Gasteiger partial charge on any atom is -0.369 e. The van der Waals surface area contributed by atoms with Gasteiger partial charge in [0.05, 0.1) is 5.69 Å². The van der Waals surface area contributed by atoms with E-state index in [0.717, 1.165) is 11.0 Å². The van der Waals surface area contributed by atoms with Crippen molar-refractivity contribution in [3.63, 3.8) is 0 Å². The van der Waals surface area contributed by atoms with Crippen LogP contribution >= 0.6 is 0 Å². The van der Waals surface area contributed by atoms with Gasteiger partial charge in [-0.05, 0) is 24.3 Å². The summed E-state index contributed by atoms with van der Waals surface area (Å²) in [7, 11) is 1.38. The number of aromatic nitrogens is 3. The molecule has 7 nitrogen and oxygen atoms in total. The third kappa shape index (κ3) is 2.88. The zero-order chi connectivity index (χ0) is 21.5. The van der Waals surface area contributed by atoms with Crippen molar-refractivity contribution in [1.29, 1.82) is 0 Å². The quantitative estimate of drug-likeness (QED) is 0.709. The zero-order valence-electron chi connectivity index (χ0n) is 15.7. The Labute approximate surface area is 169 Å². The van der Waals surface area contributed by atoms with Gasteiger partial charge in [0, 0.05) is 54.0 Å². The van der Waals surface area contributed by atoms with E-state index in [-0.39, 0.29) is 33.9 Å². The molecule has 1 amide bonds. The van der Waals surface area contributed by atoms with E-state index in [9.17, 15) is 13.6 Å². The van der Waals surface area contributed by atoms with E-state index in [1.807, 2.05) is 0 Å². The molecule has 1 aromatic carbocycles. The van der Waals surface area contributed by atoms with Crippen LogP contribution in [0.15, 0.2) is 53.9 Å². The molecular formula is C20H15F3N6O. The smallest absolute Gasteiger partial charge is 0.266 e. The van der Waals surface area contributed by atoms with Crippen molar-refractivity contribution >= 4 is 11.9 Å². The number of amides is 1. The molecule has 1 atom stereocenters. The molecule has 3 aromatic rings. The first kappa shape index (κ1) is 19.5. The van der Waals surface area contributed by atoms with E-state index in [0.29, 0.717) is 6.07 Å². The van der Waals surface area contributed by atoms with Crippen LogP contribution in [0.4, 0.5) is 13.2 Å². The maximum atomic E-state index is 15.1. The van der Waals surface area contributed by atoms with E-state index in [2.05, 4.69) is 20.2 Å². The predicted octanol–water partition coefficient (Wildman–Crippen LogP) is 2.32. The maximum absolute atomic E-state index is 15.1. The van der Waals surface area contributed by atoms with Crippen LogP contribution in [0.1, 0.15) is 16.7 Å². The van der Waals surface area contributed by atoms with Crippen LogP contribution in [0.5, 0.6) is 0 Å². The van der Waals surface area contributed by atoms with Crippen molar-refractivity contribution in [2.75, 3.05) is 7.05 Å². The Balaban J connectivity index is 2.03. The van der Waals surface area contributed by atoms with Crippen molar-refractivity contribution in [3.05, 3.63) is 77.2 Å². The number of benzene rings is 1. The van der Waals surface area contributed by atoms with Crippen molar-refractivity contribution in [2.45, 2.75) is 12.2 Å². The molecule has 0 spiro atoms. The number of carbonyl (C=O) groups excluding carboxylic acids is 1. The van der Waals surface area contributed by atoms with Crippen molar-refractivity contribution in [1.82, 2.24) is 20.1 Å². The molecule has 0 fully saturated rings. The van der Waals surface area contributed by atoms with Crippen molar-refractivity contribution in [3.8, 4) is 11.3 Å². The molecule has 1 aliphatic rings. The number of nitrogens with zero attached hydrogens (tertiary/aromatic N) is 5. The number of nitrogens with two attached hydrogens (primary N) is 1. The third-order valence-electron chi connectivity index (χ3n) is 4.90. The Morgan fingerprint density at radius 2 is 1.97 bits per heavy atom. The summed E-state index contributed by atoms with van der Waals surface area (Å²) in [6.45, 7) is -0.850. The summed E-state index contributed by atoms with van der Waals surface area (Å²) in [5.41, 5.74) is 3.93. The second kappa shape index (κ2) is 7.21. The summed E-state index contributed by atoms with van der Waals surface area (Å²) in [5.74, 6) is -2.77. The van der Waals surface area contributed by atoms with Crippen LogP contribution in [0, 0.1) is 11.6 Å². The molecule has 1 unspecified atom stereocenters. The average Bonchev–Trinajstić information content (AvgIpc) is 2.99. The lowest BCUT2D eigenvalue weighted by Gasteiger charge is -2.27. The second-order valence-corrected chi connectivity index (χ2v) is 6.68. The largest absolute Gasteiger partial charge is 0.369 e. The highest BCUT2D eigenvalue weighted by atomic mass is 19.1. The second-order valence-electron chi connectivity index (χ2n) is 6.68. The Morgan fingerprint density at radius 1 is 1.17 bits per heavy atom. The lowest BCUT2D eigenvalue weighted by molar-refractivity contribution is -0.129. The Hall–Kier alpha value is -3.82. The molecule has 0 saturated heterocycles. The monoisotopic (exact) mass is 412 g/mol. The normalized spacial score (nSPS) is 18.6. The van der Waals surface area contributed by atoms with Crippen LogP contribution in [0.2, 0.25) is 0 Å². The Kier molecular flexibility index (Phi) is 4.69. The maximum Gasteiger partial charge on any atom is 0.266 e. The van der Waals surface area contributed by atoms with Gasteiger partial charge in [-0.2, -0.15) is 10.2 Å². The fourth-order valence-corrected chi connectivity index (χ4v) is 3.39. The van der Waals surface area contributed by atoms with E-state index in [4.69, 9.17) is 5.73 Å². The van der Waals surface area contributed by atoms with E-state index >= 15 is 4.39 Å². The van der Waals surface area contributed by atoms with Crippen molar-refractivity contribution < 1.29 is 18.0 Å². The first-order valence-corrected chi connectivity index (χ1v) is 8.80. The van der Waals surface area contributed by atoms with E-state index < -0.39 is 29.8 Å². The lowest BCUT2D eigenvalue weighted by Crippen LogP contribution is -2.41. The standard InChI is InChI=1S/C20H15F3N6O/c1-29-18(30)20(27-19(29)24,12-5-11(8-21)9-25-10-12)14-6-13(15(22)7-16(14)23)17-3-2-4-26-28-17/h2-7,9-10H,8H2,1H3,(H2,24,27). The molecule has 0 aliphatic carbocycles. The summed E-state index contributed by atoms with van der Waals surface area (Å²) in [4.78, 5) is 22.5. The number of hydrogen-bond donors (Lipinski definition) is 1. The van der Waals surface area contributed by atoms with Gasteiger partial charge in [-0.3, -0.25) is 14.7 Å². The summed E-state index contributed by atoms with van der Waals surface area (Å²) in [5, 5.41) is 7.55. The highest BCUT2D eigenvalue weighted by molar-refractivity contribution is 6.09.